The highest BCUT2D eigenvalue weighted by molar-refractivity contribution is 7.89. The molecule has 0 unspecified atom stereocenters. The minimum absolute atomic E-state index is 0.279. The molecule has 34 heavy (non-hydrogen) atoms. The first kappa shape index (κ1) is 27.4. The van der Waals surface area contributed by atoms with Crippen LogP contribution >= 0.6 is 11.6 Å². The summed E-state index contributed by atoms with van der Waals surface area (Å²) in [7, 11) is -1.86. The number of piperazine rings is 1. The van der Waals surface area contributed by atoms with Crippen molar-refractivity contribution in [2.45, 2.75) is 18.4 Å². The van der Waals surface area contributed by atoms with Gasteiger partial charge >= 0.3 is 11.9 Å². The minimum Gasteiger partial charge on any atom is -0.493 e. The first-order valence-corrected chi connectivity index (χ1v) is 12.1. The second kappa shape index (κ2) is 12.6. The van der Waals surface area contributed by atoms with Crippen molar-refractivity contribution in [1.82, 2.24) is 9.21 Å². The molecule has 12 heteroatoms. The third-order valence-corrected chi connectivity index (χ3v) is 7.06. The van der Waals surface area contributed by atoms with Crippen LogP contribution in [0.1, 0.15) is 12.5 Å². The fourth-order valence-corrected chi connectivity index (χ4v) is 4.78. The largest absolute Gasteiger partial charge is 0.493 e. The third kappa shape index (κ3) is 7.59. The van der Waals surface area contributed by atoms with Crippen molar-refractivity contribution in [2.24, 2.45) is 0 Å². The predicted molar refractivity (Wildman–Crippen MR) is 125 cm³/mol. The highest BCUT2D eigenvalue weighted by atomic mass is 35.5. The summed E-state index contributed by atoms with van der Waals surface area (Å²) in [5.74, 6) is -2.21. The van der Waals surface area contributed by atoms with Gasteiger partial charge in [0.1, 0.15) is 0 Å². The standard InChI is InChI=1S/C20H25ClN2O4S.C2H2O4/c1-3-27-19-9-4-16(14-20(19)26-2)15-22-10-12-23(13-11-22)28(24,25)18-7-5-17(21)6-8-18;3-1(4)2(5)6/h4-9,14H,3,10-13,15H2,1-2H3;(H,3,4)(H,5,6). The fourth-order valence-electron chi connectivity index (χ4n) is 3.23. The number of carboxylic acids is 2. The number of benzene rings is 2. The van der Waals surface area contributed by atoms with E-state index in [0.717, 1.165) is 17.9 Å². The molecule has 0 spiro atoms. The van der Waals surface area contributed by atoms with E-state index in [0.29, 0.717) is 43.6 Å². The maximum atomic E-state index is 12.8. The molecule has 1 saturated heterocycles. The number of sulfonamides is 1. The van der Waals surface area contributed by atoms with E-state index >= 15 is 0 Å². The number of nitrogens with zero attached hydrogens (tertiary/aromatic N) is 2. The van der Waals surface area contributed by atoms with Gasteiger partial charge in [0.15, 0.2) is 11.5 Å². The number of hydrogen-bond acceptors (Lipinski definition) is 7. The number of rotatable bonds is 7. The van der Waals surface area contributed by atoms with Crippen LogP contribution < -0.4 is 9.47 Å². The van der Waals surface area contributed by atoms with Crippen molar-refractivity contribution < 1.29 is 37.7 Å². The van der Waals surface area contributed by atoms with Gasteiger partial charge in [-0.1, -0.05) is 17.7 Å². The average molecular weight is 515 g/mol. The van der Waals surface area contributed by atoms with Gasteiger partial charge in [-0.15, -0.1) is 0 Å². The molecule has 0 atom stereocenters. The van der Waals surface area contributed by atoms with E-state index in [1.165, 1.54) is 4.31 Å². The van der Waals surface area contributed by atoms with Crippen LogP contribution in [0.5, 0.6) is 11.5 Å². The molecule has 2 aromatic rings. The lowest BCUT2D eigenvalue weighted by Crippen LogP contribution is -2.48. The highest BCUT2D eigenvalue weighted by Crippen LogP contribution is 2.29. The molecule has 0 radical (unpaired) electrons. The van der Waals surface area contributed by atoms with Crippen LogP contribution in [0.4, 0.5) is 0 Å². The van der Waals surface area contributed by atoms with Crippen LogP contribution in [0, 0.1) is 0 Å². The summed E-state index contributed by atoms with van der Waals surface area (Å²) in [5, 5.41) is 15.3. The Bertz CT molecular complexity index is 1070. The SMILES string of the molecule is CCOc1ccc(CN2CCN(S(=O)(=O)c3ccc(Cl)cc3)CC2)cc1OC.O=C(O)C(=O)O. The number of hydrogen-bond donors (Lipinski definition) is 2. The van der Waals surface area contributed by atoms with Gasteiger partial charge in [-0.05, 0) is 48.9 Å². The maximum absolute atomic E-state index is 12.8. The Morgan fingerprint density at radius 1 is 0.971 bits per heavy atom. The van der Waals surface area contributed by atoms with Gasteiger partial charge in [0.2, 0.25) is 10.0 Å². The van der Waals surface area contributed by atoms with E-state index in [1.807, 2.05) is 25.1 Å². The molecule has 186 valence electrons. The Morgan fingerprint density at radius 2 is 1.56 bits per heavy atom. The summed E-state index contributed by atoms with van der Waals surface area (Å²) in [6.45, 7) is 5.51. The number of carbonyl (C=O) groups is 2. The summed E-state index contributed by atoms with van der Waals surface area (Å²) in [6, 6.07) is 12.2. The van der Waals surface area contributed by atoms with Crippen molar-refractivity contribution in [2.75, 3.05) is 39.9 Å². The van der Waals surface area contributed by atoms with Crippen LogP contribution in [0.2, 0.25) is 5.02 Å². The lowest BCUT2D eigenvalue weighted by molar-refractivity contribution is -0.159. The zero-order valence-corrected chi connectivity index (χ0v) is 20.4. The number of aliphatic carboxylic acids is 2. The minimum atomic E-state index is -3.49. The Balaban J connectivity index is 0.000000604. The van der Waals surface area contributed by atoms with Crippen LogP contribution in [0.3, 0.4) is 0 Å². The van der Waals surface area contributed by atoms with E-state index in [9.17, 15) is 8.42 Å². The smallest absolute Gasteiger partial charge is 0.414 e. The Labute approximate surface area is 203 Å². The monoisotopic (exact) mass is 514 g/mol. The molecule has 0 aliphatic carbocycles. The maximum Gasteiger partial charge on any atom is 0.414 e. The van der Waals surface area contributed by atoms with Crippen molar-refractivity contribution >= 4 is 33.6 Å². The van der Waals surface area contributed by atoms with Gasteiger partial charge in [0.05, 0.1) is 18.6 Å². The topological polar surface area (TPSA) is 134 Å². The number of methoxy groups -OCH3 is 1. The van der Waals surface area contributed by atoms with Gasteiger partial charge in [-0.3, -0.25) is 4.90 Å². The molecule has 0 bridgehead atoms. The van der Waals surface area contributed by atoms with Crippen molar-refractivity contribution in [3.63, 3.8) is 0 Å². The van der Waals surface area contributed by atoms with Gasteiger partial charge in [-0.2, -0.15) is 4.31 Å². The van der Waals surface area contributed by atoms with Crippen molar-refractivity contribution in [3.05, 3.63) is 53.1 Å². The van der Waals surface area contributed by atoms with E-state index in [4.69, 9.17) is 40.9 Å². The highest BCUT2D eigenvalue weighted by Gasteiger charge is 2.28. The first-order chi connectivity index (χ1) is 16.1. The Hall–Kier alpha value is -2.86. The summed E-state index contributed by atoms with van der Waals surface area (Å²) in [6.07, 6.45) is 0. The van der Waals surface area contributed by atoms with Crippen molar-refractivity contribution in [3.8, 4) is 11.5 Å². The lowest BCUT2D eigenvalue weighted by atomic mass is 10.1. The fraction of sp³-hybridized carbons (Fsp3) is 0.364. The average Bonchev–Trinajstić information content (AvgIpc) is 2.81. The van der Waals surface area contributed by atoms with Gasteiger partial charge < -0.3 is 19.7 Å². The second-order valence-electron chi connectivity index (χ2n) is 7.16. The summed E-state index contributed by atoms with van der Waals surface area (Å²) in [5.41, 5.74) is 1.11. The third-order valence-electron chi connectivity index (χ3n) is 4.90. The molecular formula is C22H27ClN2O8S. The number of halogens is 1. The molecule has 1 aliphatic heterocycles. The summed E-state index contributed by atoms with van der Waals surface area (Å²) < 4.78 is 38.1. The molecule has 1 aliphatic rings. The van der Waals surface area contributed by atoms with Crippen LogP contribution in [-0.4, -0.2) is 79.7 Å². The second-order valence-corrected chi connectivity index (χ2v) is 9.54. The van der Waals surface area contributed by atoms with E-state index in [2.05, 4.69) is 4.90 Å². The van der Waals surface area contributed by atoms with Crippen LogP contribution in [-0.2, 0) is 26.2 Å². The normalized spacial score (nSPS) is 14.6. The summed E-state index contributed by atoms with van der Waals surface area (Å²) >= 11 is 5.86. The predicted octanol–water partition coefficient (Wildman–Crippen LogP) is 2.41. The quantitative estimate of drug-likeness (QED) is 0.534. The number of carboxylic acid groups (broad SMARTS) is 2. The molecule has 2 N–H and O–H groups in total. The molecular weight excluding hydrogens is 488 g/mol. The van der Waals surface area contributed by atoms with E-state index in [-0.39, 0.29) is 4.90 Å². The molecule has 2 aromatic carbocycles. The molecule has 0 saturated carbocycles. The molecule has 1 fully saturated rings. The first-order valence-electron chi connectivity index (χ1n) is 10.3. The van der Waals surface area contributed by atoms with Crippen molar-refractivity contribution in [1.29, 1.82) is 0 Å². The van der Waals surface area contributed by atoms with Gasteiger partial charge in [0.25, 0.3) is 0 Å². The van der Waals surface area contributed by atoms with Crippen LogP contribution in [0.15, 0.2) is 47.4 Å². The molecule has 0 aromatic heterocycles. The molecule has 1 heterocycles. The van der Waals surface area contributed by atoms with Crippen LogP contribution in [0.25, 0.3) is 0 Å². The zero-order valence-electron chi connectivity index (χ0n) is 18.8. The molecule has 0 amide bonds. The number of ether oxygens (including phenoxy) is 2. The van der Waals surface area contributed by atoms with Gasteiger partial charge in [-0.25, -0.2) is 18.0 Å². The molecule has 3 rings (SSSR count). The van der Waals surface area contributed by atoms with E-state index in [1.54, 1.807) is 31.4 Å². The van der Waals surface area contributed by atoms with E-state index < -0.39 is 22.0 Å². The Morgan fingerprint density at radius 3 is 2.06 bits per heavy atom. The lowest BCUT2D eigenvalue weighted by Gasteiger charge is -2.34. The molecule has 10 nitrogen and oxygen atoms in total. The zero-order chi connectivity index (χ0) is 25.3. The Kier molecular flexibility index (Phi) is 10.1. The van der Waals surface area contributed by atoms with Gasteiger partial charge in [0, 0.05) is 37.7 Å². The summed E-state index contributed by atoms with van der Waals surface area (Å²) in [4.78, 5) is 20.7.